The molecule has 0 fully saturated rings. The summed E-state index contributed by atoms with van der Waals surface area (Å²) < 4.78 is 7.14. The molecule has 3 rings (SSSR count). The molecule has 7 nitrogen and oxygen atoms in total. The van der Waals surface area contributed by atoms with E-state index in [0.29, 0.717) is 22.6 Å². The summed E-state index contributed by atoms with van der Waals surface area (Å²) >= 11 is 0. The third-order valence-electron chi connectivity index (χ3n) is 4.95. The molecular weight excluding hydrogens is 356 g/mol. The lowest BCUT2D eigenvalue weighted by Gasteiger charge is -2.16. The van der Waals surface area contributed by atoms with Crippen molar-refractivity contribution in [2.45, 2.75) is 40.7 Å². The zero-order chi connectivity index (χ0) is 20.6. The number of aryl methyl sites for hydroxylation is 4. The molecule has 1 N–H and O–H groups in total. The molecule has 2 aromatic heterocycles. The van der Waals surface area contributed by atoms with E-state index in [1.54, 1.807) is 25.6 Å². The minimum atomic E-state index is -0.961. The van der Waals surface area contributed by atoms with Crippen molar-refractivity contribution in [1.82, 2.24) is 14.8 Å². The van der Waals surface area contributed by atoms with Gasteiger partial charge in [-0.2, -0.15) is 5.10 Å². The summed E-state index contributed by atoms with van der Waals surface area (Å²) in [5.41, 5.74) is 4.75. The van der Waals surface area contributed by atoms with Crippen molar-refractivity contribution in [2.75, 3.05) is 5.32 Å². The van der Waals surface area contributed by atoms with Crippen molar-refractivity contribution in [3.8, 4) is 0 Å². The van der Waals surface area contributed by atoms with Crippen LogP contribution in [0.2, 0.25) is 0 Å². The number of hydrogen-bond acceptors (Lipinski definition) is 5. The molecule has 0 aliphatic carbocycles. The van der Waals surface area contributed by atoms with Crippen molar-refractivity contribution in [2.24, 2.45) is 7.05 Å². The Bertz CT molecular complexity index is 1080. The van der Waals surface area contributed by atoms with Gasteiger partial charge in [0.1, 0.15) is 0 Å². The number of amides is 1. The van der Waals surface area contributed by atoms with E-state index in [0.717, 1.165) is 22.2 Å². The molecule has 28 heavy (non-hydrogen) atoms. The number of para-hydroxylation sites is 1. The fourth-order valence-electron chi connectivity index (χ4n) is 3.28. The van der Waals surface area contributed by atoms with Gasteiger partial charge in [-0.1, -0.05) is 18.2 Å². The van der Waals surface area contributed by atoms with Gasteiger partial charge in [-0.25, -0.2) is 4.79 Å². The second-order valence-electron chi connectivity index (χ2n) is 6.92. The molecular formula is C21H24N4O3. The highest BCUT2D eigenvalue weighted by atomic mass is 16.5. The van der Waals surface area contributed by atoms with Gasteiger partial charge in [0.25, 0.3) is 5.91 Å². The number of ether oxygens (including phenoxy) is 1. The van der Waals surface area contributed by atoms with Crippen LogP contribution in [0.25, 0.3) is 10.9 Å². The van der Waals surface area contributed by atoms with Crippen LogP contribution in [-0.4, -0.2) is 32.7 Å². The van der Waals surface area contributed by atoms with Gasteiger partial charge in [-0.3, -0.25) is 14.5 Å². The van der Waals surface area contributed by atoms with E-state index in [-0.39, 0.29) is 0 Å². The number of pyridine rings is 1. The Labute approximate surface area is 163 Å². The third-order valence-corrected chi connectivity index (χ3v) is 4.95. The lowest BCUT2D eigenvalue weighted by Crippen LogP contribution is -2.31. The molecule has 1 amide bonds. The van der Waals surface area contributed by atoms with Crippen LogP contribution in [0, 0.1) is 27.7 Å². The SMILES string of the molecule is Cc1nn(C)c(C)c1NC(=O)C(C)OC(=O)c1c(C)nc2ccccc2c1C. The molecule has 146 valence electrons. The maximum atomic E-state index is 12.8. The molecule has 0 spiro atoms. The summed E-state index contributed by atoms with van der Waals surface area (Å²) in [6, 6.07) is 7.62. The molecule has 1 unspecified atom stereocenters. The summed E-state index contributed by atoms with van der Waals surface area (Å²) in [6.45, 7) is 8.85. The van der Waals surface area contributed by atoms with Crippen molar-refractivity contribution in [3.63, 3.8) is 0 Å². The fourth-order valence-corrected chi connectivity index (χ4v) is 3.28. The van der Waals surface area contributed by atoms with Gasteiger partial charge in [0, 0.05) is 12.4 Å². The van der Waals surface area contributed by atoms with Crippen molar-refractivity contribution >= 4 is 28.5 Å². The Kier molecular flexibility index (Phi) is 5.18. The third kappa shape index (κ3) is 3.47. The van der Waals surface area contributed by atoms with Crippen LogP contribution in [0.1, 0.15) is 39.9 Å². The molecule has 0 saturated heterocycles. The lowest BCUT2D eigenvalue weighted by molar-refractivity contribution is -0.123. The van der Waals surface area contributed by atoms with E-state index in [1.807, 2.05) is 45.0 Å². The predicted octanol–water partition coefficient (Wildman–Crippen LogP) is 3.39. The highest BCUT2D eigenvalue weighted by Crippen LogP contribution is 2.24. The topological polar surface area (TPSA) is 86.1 Å². The first-order valence-corrected chi connectivity index (χ1v) is 9.08. The molecule has 0 aliphatic rings. The van der Waals surface area contributed by atoms with E-state index in [1.165, 1.54) is 0 Å². The van der Waals surface area contributed by atoms with Gasteiger partial charge >= 0.3 is 5.97 Å². The molecule has 1 atom stereocenters. The highest BCUT2D eigenvalue weighted by Gasteiger charge is 2.24. The average molecular weight is 380 g/mol. The van der Waals surface area contributed by atoms with Gasteiger partial charge in [0.15, 0.2) is 6.10 Å². The molecule has 3 aromatic rings. The van der Waals surface area contributed by atoms with Crippen LogP contribution < -0.4 is 5.32 Å². The number of rotatable bonds is 4. The Balaban J connectivity index is 1.81. The minimum absolute atomic E-state index is 0.395. The standard InChI is InChI=1S/C21H24N4O3/c1-11-16-9-7-8-10-17(16)22-12(2)18(11)21(27)28-15(5)20(26)23-19-13(3)24-25(6)14(19)4/h7-10,15H,1-6H3,(H,23,26). The van der Waals surface area contributed by atoms with Gasteiger partial charge in [0.05, 0.1) is 33.8 Å². The van der Waals surface area contributed by atoms with Crippen molar-refractivity contribution in [1.29, 1.82) is 0 Å². The first-order chi connectivity index (χ1) is 13.2. The van der Waals surface area contributed by atoms with Crippen LogP contribution in [0.15, 0.2) is 24.3 Å². The highest BCUT2D eigenvalue weighted by molar-refractivity contribution is 6.01. The number of nitrogens with zero attached hydrogens (tertiary/aromatic N) is 3. The van der Waals surface area contributed by atoms with E-state index >= 15 is 0 Å². The quantitative estimate of drug-likeness (QED) is 0.701. The number of fused-ring (bicyclic) bond motifs is 1. The Morgan fingerprint density at radius 1 is 1.11 bits per heavy atom. The maximum absolute atomic E-state index is 12.8. The number of anilines is 1. The number of benzene rings is 1. The maximum Gasteiger partial charge on any atom is 0.341 e. The number of esters is 1. The summed E-state index contributed by atoms with van der Waals surface area (Å²) in [6.07, 6.45) is -0.961. The molecule has 0 bridgehead atoms. The van der Waals surface area contributed by atoms with Crippen molar-refractivity contribution < 1.29 is 14.3 Å². The summed E-state index contributed by atoms with van der Waals surface area (Å²) in [5.74, 6) is -0.966. The summed E-state index contributed by atoms with van der Waals surface area (Å²) in [7, 11) is 1.81. The van der Waals surface area contributed by atoms with Crippen LogP contribution in [-0.2, 0) is 16.6 Å². The van der Waals surface area contributed by atoms with Crippen LogP contribution in [0.4, 0.5) is 5.69 Å². The molecule has 7 heteroatoms. The van der Waals surface area contributed by atoms with Crippen LogP contribution >= 0.6 is 0 Å². The Morgan fingerprint density at radius 3 is 2.43 bits per heavy atom. The van der Waals surface area contributed by atoms with Gasteiger partial charge in [0.2, 0.25) is 0 Å². The first-order valence-electron chi connectivity index (χ1n) is 9.08. The Morgan fingerprint density at radius 2 is 1.79 bits per heavy atom. The molecule has 2 heterocycles. The molecule has 0 aliphatic heterocycles. The minimum Gasteiger partial charge on any atom is -0.449 e. The zero-order valence-electron chi connectivity index (χ0n) is 17.0. The second kappa shape index (κ2) is 7.42. The van der Waals surface area contributed by atoms with Crippen molar-refractivity contribution in [3.05, 3.63) is 52.5 Å². The molecule has 0 radical (unpaired) electrons. The monoisotopic (exact) mass is 380 g/mol. The zero-order valence-corrected chi connectivity index (χ0v) is 17.0. The molecule has 1 aromatic carbocycles. The summed E-state index contributed by atoms with van der Waals surface area (Å²) in [4.78, 5) is 29.8. The van der Waals surface area contributed by atoms with Gasteiger partial charge in [-0.15, -0.1) is 0 Å². The van der Waals surface area contributed by atoms with E-state index in [2.05, 4.69) is 15.4 Å². The normalized spacial score (nSPS) is 12.1. The summed E-state index contributed by atoms with van der Waals surface area (Å²) in [5, 5.41) is 7.96. The lowest BCUT2D eigenvalue weighted by atomic mass is 10.0. The number of nitrogens with one attached hydrogen (secondary N) is 1. The predicted molar refractivity (Wildman–Crippen MR) is 107 cm³/mol. The first kappa shape index (κ1) is 19.5. The smallest absolute Gasteiger partial charge is 0.341 e. The number of aromatic nitrogens is 3. The molecule has 0 saturated carbocycles. The van der Waals surface area contributed by atoms with Crippen LogP contribution in [0.5, 0.6) is 0 Å². The number of carbonyl (C=O) groups is 2. The van der Waals surface area contributed by atoms with E-state index in [4.69, 9.17) is 4.74 Å². The number of carbonyl (C=O) groups excluding carboxylic acids is 2. The Hall–Kier alpha value is -3.22. The number of hydrogen-bond donors (Lipinski definition) is 1. The average Bonchev–Trinajstić information content (AvgIpc) is 2.87. The van der Waals surface area contributed by atoms with E-state index in [9.17, 15) is 9.59 Å². The second-order valence-corrected chi connectivity index (χ2v) is 6.92. The van der Waals surface area contributed by atoms with Crippen LogP contribution in [0.3, 0.4) is 0 Å². The van der Waals surface area contributed by atoms with Gasteiger partial charge < -0.3 is 10.1 Å². The van der Waals surface area contributed by atoms with E-state index < -0.39 is 18.0 Å². The fraction of sp³-hybridized carbons (Fsp3) is 0.333. The van der Waals surface area contributed by atoms with Gasteiger partial charge in [-0.05, 0) is 46.2 Å². The largest absolute Gasteiger partial charge is 0.449 e.